The monoisotopic (exact) mass is 402 g/mol. The number of hydrogen-bond donors (Lipinski definition) is 2. The van der Waals surface area contributed by atoms with Gasteiger partial charge in [0.05, 0.1) is 6.61 Å². The number of amides is 1. The van der Waals surface area contributed by atoms with Gasteiger partial charge < -0.3 is 15.4 Å². The third-order valence-corrected chi connectivity index (χ3v) is 5.86. The number of unbranched alkanes of at least 4 members (excludes halogenated alkanes) is 7. The molecule has 1 aliphatic heterocycles. The van der Waals surface area contributed by atoms with E-state index in [1.165, 1.54) is 49.7 Å². The van der Waals surface area contributed by atoms with Crippen molar-refractivity contribution in [2.24, 2.45) is 0 Å². The first-order valence-corrected chi connectivity index (χ1v) is 11.9. The summed E-state index contributed by atoms with van der Waals surface area (Å²) in [6, 6.07) is 8.87. The van der Waals surface area contributed by atoms with E-state index in [0.29, 0.717) is 6.61 Å². The number of benzene rings is 1. The Kier molecular flexibility index (Phi) is 12.0. The quantitative estimate of drug-likeness (QED) is 0.399. The molecule has 29 heavy (non-hydrogen) atoms. The molecule has 2 atom stereocenters. The molecule has 0 saturated heterocycles. The van der Waals surface area contributed by atoms with Gasteiger partial charge in [0.25, 0.3) is 0 Å². The Balaban J connectivity index is 1.75. The maximum atomic E-state index is 12.6. The lowest BCUT2D eigenvalue weighted by atomic mass is 9.96. The molecule has 0 aliphatic carbocycles. The topological polar surface area (TPSA) is 50.4 Å². The number of fused-ring (bicyclic) bond motifs is 1. The van der Waals surface area contributed by atoms with Crippen molar-refractivity contribution in [2.75, 3.05) is 13.2 Å². The molecule has 0 aromatic heterocycles. The number of ether oxygens (including phenoxy) is 1. The van der Waals surface area contributed by atoms with Crippen molar-refractivity contribution >= 4 is 5.91 Å². The van der Waals surface area contributed by atoms with E-state index in [-0.39, 0.29) is 18.1 Å². The van der Waals surface area contributed by atoms with E-state index in [2.05, 4.69) is 48.7 Å². The highest BCUT2D eigenvalue weighted by Crippen LogP contribution is 2.17. The Morgan fingerprint density at radius 3 is 2.48 bits per heavy atom. The highest BCUT2D eigenvalue weighted by molar-refractivity contribution is 5.80. The van der Waals surface area contributed by atoms with Crippen LogP contribution < -0.4 is 10.6 Å². The normalized spacial score (nSPS) is 17.0. The first-order chi connectivity index (χ1) is 14.2. The third kappa shape index (κ3) is 9.31. The molecule has 2 N–H and O–H groups in total. The fourth-order valence-corrected chi connectivity index (χ4v) is 3.95. The minimum atomic E-state index is -0.318. The maximum absolute atomic E-state index is 12.6. The molecular weight excluding hydrogens is 360 g/mol. The molecule has 4 nitrogen and oxygen atoms in total. The fraction of sp³-hybridized carbons (Fsp3) is 0.720. The Labute approximate surface area is 178 Å². The Morgan fingerprint density at radius 1 is 1.03 bits per heavy atom. The van der Waals surface area contributed by atoms with Crippen molar-refractivity contribution in [1.82, 2.24) is 10.6 Å². The van der Waals surface area contributed by atoms with Gasteiger partial charge in [-0.3, -0.25) is 4.79 Å². The predicted molar refractivity (Wildman–Crippen MR) is 121 cm³/mol. The van der Waals surface area contributed by atoms with Crippen molar-refractivity contribution in [1.29, 1.82) is 0 Å². The molecule has 1 amide bonds. The summed E-state index contributed by atoms with van der Waals surface area (Å²) in [5, 5.41) is 6.63. The van der Waals surface area contributed by atoms with Crippen LogP contribution in [-0.4, -0.2) is 31.2 Å². The molecule has 2 rings (SSSR count). The molecule has 0 saturated carbocycles. The maximum Gasteiger partial charge on any atom is 0.249 e. The standard InChI is InChI=1S/C25H42N2O2/c1-3-5-7-8-9-10-11-16-24(25(28)26-17-6-4-2)29-20-23-18-21-14-12-13-15-22(21)19-27-23/h12-15,23-24,27H,3-11,16-20H2,1-2H3,(H,26,28). The van der Waals surface area contributed by atoms with Crippen LogP contribution in [0.1, 0.15) is 89.2 Å². The van der Waals surface area contributed by atoms with Crippen molar-refractivity contribution in [2.45, 2.75) is 103 Å². The van der Waals surface area contributed by atoms with Crippen molar-refractivity contribution in [3.63, 3.8) is 0 Å². The highest BCUT2D eigenvalue weighted by atomic mass is 16.5. The summed E-state index contributed by atoms with van der Waals surface area (Å²) in [5.74, 6) is 0.0700. The number of rotatable bonds is 15. The molecule has 1 heterocycles. The number of carbonyl (C=O) groups excluding carboxylic acids is 1. The van der Waals surface area contributed by atoms with E-state index in [0.717, 1.165) is 45.2 Å². The zero-order valence-electron chi connectivity index (χ0n) is 18.7. The molecule has 4 heteroatoms. The summed E-state index contributed by atoms with van der Waals surface area (Å²) in [4.78, 5) is 12.6. The van der Waals surface area contributed by atoms with Crippen LogP contribution in [0.25, 0.3) is 0 Å². The lowest BCUT2D eigenvalue weighted by molar-refractivity contribution is -0.133. The number of hydrogen-bond acceptors (Lipinski definition) is 3. The van der Waals surface area contributed by atoms with Crippen molar-refractivity contribution in [3.05, 3.63) is 35.4 Å². The molecule has 1 aromatic rings. The second kappa shape index (κ2) is 14.6. The first kappa shape index (κ1) is 23.9. The van der Waals surface area contributed by atoms with Crippen molar-refractivity contribution < 1.29 is 9.53 Å². The second-order valence-corrected chi connectivity index (χ2v) is 8.43. The van der Waals surface area contributed by atoms with E-state index in [1.54, 1.807) is 0 Å². The minimum Gasteiger partial charge on any atom is -0.367 e. The van der Waals surface area contributed by atoms with Gasteiger partial charge >= 0.3 is 0 Å². The van der Waals surface area contributed by atoms with E-state index < -0.39 is 0 Å². The van der Waals surface area contributed by atoms with Gasteiger partial charge in [0.15, 0.2) is 0 Å². The molecule has 0 bridgehead atoms. The molecule has 1 aromatic carbocycles. The molecule has 0 fully saturated rings. The number of carbonyl (C=O) groups is 1. The lowest BCUT2D eigenvalue weighted by Crippen LogP contribution is -2.43. The summed E-state index contributed by atoms with van der Waals surface area (Å²) in [7, 11) is 0. The second-order valence-electron chi connectivity index (χ2n) is 8.43. The Bertz CT molecular complexity index is 576. The first-order valence-electron chi connectivity index (χ1n) is 11.9. The van der Waals surface area contributed by atoms with E-state index in [9.17, 15) is 4.79 Å². The van der Waals surface area contributed by atoms with Crippen LogP contribution in [0.15, 0.2) is 24.3 Å². The highest BCUT2D eigenvalue weighted by Gasteiger charge is 2.23. The van der Waals surface area contributed by atoms with Gasteiger partial charge in [-0.1, -0.05) is 89.5 Å². The van der Waals surface area contributed by atoms with Crippen LogP contribution in [0.2, 0.25) is 0 Å². The van der Waals surface area contributed by atoms with Gasteiger partial charge in [-0.2, -0.15) is 0 Å². The van der Waals surface area contributed by atoms with Crippen molar-refractivity contribution in [3.8, 4) is 0 Å². The van der Waals surface area contributed by atoms with Crippen LogP contribution in [0.5, 0.6) is 0 Å². The van der Waals surface area contributed by atoms with Gasteiger partial charge in [-0.25, -0.2) is 0 Å². The molecule has 0 spiro atoms. The summed E-state index contributed by atoms with van der Waals surface area (Å²) >= 11 is 0. The molecule has 0 radical (unpaired) electrons. The van der Waals surface area contributed by atoms with E-state index >= 15 is 0 Å². The minimum absolute atomic E-state index is 0.0700. The van der Waals surface area contributed by atoms with Gasteiger partial charge in [0.1, 0.15) is 6.10 Å². The van der Waals surface area contributed by atoms with Gasteiger partial charge in [-0.05, 0) is 30.4 Å². The summed E-state index contributed by atoms with van der Waals surface area (Å²) in [6.45, 7) is 6.62. The molecule has 164 valence electrons. The smallest absolute Gasteiger partial charge is 0.249 e. The SMILES string of the molecule is CCCCCCCCCC(OCC1Cc2ccccc2CN1)C(=O)NCCCC. The number of nitrogens with one attached hydrogen (secondary N) is 2. The molecule has 1 aliphatic rings. The summed E-state index contributed by atoms with van der Waals surface area (Å²) in [5.41, 5.74) is 2.77. The van der Waals surface area contributed by atoms with Crippen LogP contribution >= 0.6 is 0 Å². The van der Waals surface area contributed by atoms with Gasteiger partial charge in [-0.15, -0.1) is 0 Å². The van der Waals surface area contributed by atoms with E-state index in [4.69, 9.17) is 4.74 Å². The van der Waals surface area contributed by atoms with Gasteiger partial charge in [0, 0.05) is 19.1 Å². The van der Waals surface area contributed by atoms with Crippen LogP contribution in [0.3, 0.4) is 0 Å². The summed E-state index contributed by atoms with van der Waals surface area (Å²) in [6.07, 6.45) is 12.4. The van der Waals surface area contributed by atoms with Crippen LogP contribution in [0, 0.1) is 0 Å². The summed E-state index contributed by atoms with van der Waals surface area (Å²) < 4.78 is 6.16. The largest absolute Gasteiger partial charge is 0.367 e. The average molecular weight is 403 g/mol. The zero-order valence-corrected chi connectivity index (χ0v) is 18.7. The fourth-order valence-electron chi connectivity index (χ4n) is 3.95. The van der Waals surface area contributed by atoms with Crippen LogP contribution in [0.4, 0.5) is 0 Å². The average Bonchev–Trinajstić information content (AvgIpc) is 2.75. The van der Waals surface area contributed by atoms with Gasteiger partial charge in [0.2, 0.25) is 5.91 Å². The van der Waals surface area contributed by atoms with E-state index in [1.807, 2.05) is 0 Å². The zero-order chi connectivity index (χ0) is 20.7. The van der Waals surface area contributed by atoms with Crippen LogP contribution in [-0.2, 0) is 22.5 Å². The Hall–Kier alpha value is -1.39. The Morgan fingerprint density at radius 2 is 1.72 bits per heavy atom. The molecular formula is C25H42N2O2. The molecule has 2 unspecified atom stereocenters. The lowest BCUT2D eigenvalue weighted by Gasteiger charge is -2.27. The predicted octanol–water partition coefficient (Wildman–Crippen LogP) is 5.14. The third-order valence-electron chi connectivity index (χ3n) is 5.86.